The third-order valence-corrected chi connectivity index (χ3v) is 2.55. The van der Waals surface area contributed by atoms with E-state index in [9.17, 15) is 4.79 Å². The topological polar surface area (TPSA) is 41.6 Å². The molecule has 0 rings (SSSR count). The van der Waals surface area contributed by atoms with Gasteiger partial charge in [0.2, 0.25) is 0 Å². The van der Waals surface area contributed by atoms with Crippen molar-refractivity contribution in [2.24, 2.45) is 0 Å². The maximum atomic E-state index is 11.6. The Bertz CT molecular complexity index is 186. The van der Waals surface area contributed by atoms with Crippen LogP contribution in [0.1, 0.15) is 33.6 Å². The fourth-order valence-corrected chi connectivity index (χ4v) is 1.37. The second-order valence-corrected chi connectivity index (χ2v) is 3.94. The highest BCUT2D eigenvalue weighted by molar-refractivity contribution is 5.75. The molecule has 0 saturated carbocycles. The Morgan fingerprint density at radius 2 is 2.06 bits per heavy atom. The molecular formula is C12H26N2O2. The van der Waals surface area contributed by atoms with Crippen LogP contribution in [0.3, 0.4) is 0 Å². The maximum Gasteiger partial charge on any atom is 0.323 e. The monoisotopic (exact) mass is 230 g/mol. The van der Waals surface area contributed by atoms with E-state index in [1.54, 1.807) is 0 Å². The van der Waals surface area contributed by atoms with Crippen molar-refractivity contribution >= 4 is 5.97 Å². The summed E-state index contributed by atoms with van der Waals surface area (Å²) in [5.41, 5.74) is 0. The van der Waals surface area contributed by atoms with Crippen LogP contribution in [0, 0.1) is 0 Å². The smallest absolute Gasteiger partial charge is 0.323 e. The predicted octanol–water partition coefficient (Wildman–Crippen LogP) is 1.26. The van der Waals surface area contributed by atoms with Gasteiger partial charge in [0.15, 0.2) is 0 Å². The van der Waals surface area contributed by atoms with E-state index in [0.717, 1.165) is 32.5 Å². The van der Waals surface area contributed by atoms with Gasteiger partial charge in [0.1, 0.15) is 6.04 Å². The highest BCUT2D eigenvalue weighted by atomic mass is 16.5. The van der Waals surface area contributed by atoms with Gasteiger partial charge in [-0.3, -0.25) is 4.79 Å². The molecule has 0 heterocycles. The molecule has 0 aromatic heterocycles. The Balaban J connectivity index is 4.03. The minimum Gasteiger partial charge on any atom is -0.465 e. The molecule has 1 N–H and O–H groups in total. The summed E-state index contributed by atoms with van der Waals surface area (Å²) in [4.78, 5) is 13.8. The van der Waals surface area contributed by atoms with Crippen LogP contribution < -0.4 is 5.32 Å². The molecule has 1 unspecified atom stereocenters. The molecule has 0 amide bonds. The highest BCUT2D eigenvalue weighted by Crippen LogP contribution is 1.98. The summed E-state index contributed by atoms with van der Waals surface area (Å²) in [5.74, 6) is -0.125. The zero-order valence-corrected chi connectivity index (χ0v) is 11.1. The van der Waals surface area contributed by atoms with Gasteiger partial charge in [0.25, 0.3) is 0 Å². The maximum absolute atomic E-state index is 11.6. The largest absolute Gasteiger partial charge is 0.465 e. The van der Waals surface area contributed by atoms with Gasteiger partial charge in [0.05, 0.1) is 6.61 Å². The highest BCUT2D eigenvalue weighted by Gasteiger charge is 2.18. The van der Waals surface area contributed by atoms with E-state index in [1.807, 2.05) is 6.92 Å². The van der Waals surface area contributed by atoms with E-state index in [1.165, 1.54) is 0 Å². The van der Waals surface area contributed by atoms with Crippen molar-refractivity contribution in [3.63, 3.8) is 0 Å². The van der Waals surface area contributed by atoms with Crippen molar-refractivity contribution in [2.75, 3.05) is 33.3 Å². The van der Waals surface area contributed by atoms with Gasteiger partial charge in [-0.25, -0.2) is 0 Å². The predicted molar refractivity (Wildman–Crippen MR) is 66.5 cm³/mol. The van der Waals surface area contributed by atoms with Gasteiger partial charge in [-0.1, -0.05) is 13.8 Å². The van der Waals surface area contributed by atoms with Gasteiger partial charge < -0.3 is 15.0 Å². The van der Waals surface area contributed by atoms with E-state index in [4.69, 9.17) is 4.74 Å². The van der Waals surface area contributed by atoms with E-state index < -0.39 is 0 Å². The fourth-order valence-electron chi connectivity index (χ4n) is 1.37. The molecule has 0 aromatic carbocycles. The Labute approximate surface area is 99.3 Å². The third kappa shape index (κ3) is 6.80. The van der Waals surface area contributed by atoms with Crippen LogP contribution in [0.5, 0.6) is 0 Å². The van der Waals surface area contributed by atoms with Gasteiger partial charge >= 0.3 is 5.97 Å². The van der Waals surface area contributed by atoms with Crippen molar-refractivity contribution in [2.45, 2.75) is 39.7 Å². The minimum absolute atomic E-state index is 0.125. The zero-order chi connectivity index (χ0) is 12.4. The first-order chi connectivity index (χ1) is 7.65. The molecule has 96 valence electrons. The standard InChI is InChI=1S/C12H26N2O2/c1-5-9-13-11(12(15)16-7-3)8-10-14(4)6-2/h11,13H,5-10H2,1-4H3. The lowest BCUT2D eigenvalue weighted by molar-refractivity contribution is -0.145. The minimum atomic E-state index is -0.158. The first kappa shape index (κ1) is 15.4. The molecule has 0 bridgehead atoms. The Hall–Kier alpha value is -0.610. The normalized spacial score (nSPS) is 12.8. The SMILES string of the molecule is CCCNC(CCN(C)CC)C(=O)OCC. The molecule has 0 saturated heterocycles. The summed E-state index contributed by atoms with van der Waals surface area (Å²) >= 11 is 0. The van der Waals surface area contributed by atoms with E-state index in [0.29, 0.717) is 6.61 Å². The Kier molecular flexibility index (Phi) is 9.24. The number of carbonyl (C=O) groups is 1. The molecule has 0 aromatic rings. The molecule has 0 aliphatic heterocycles. The van der Waals surface area contributed by atoms with E-state index in [2.05, 4.69) is 31.1 Å². The molecule has 4 heteroatoms. The van der Waals surface area contributed by atoms with Crippen LogP contribution in [0.4, 0.5) is 0 Å². The Morgan fingerprint density at radius 1 is 1.38 bits per heavy atom. The third-order valence-electron chi connectivity index (χ3n) is 2.55. The summed E-state index contributed by atoms with van der Waals surface area (Å²) in [6.07, 6.45) is 1.84. The molecule has 4 nitrogen and oxygen atoms in total. The van der Waals surface area contributed by atoms with Crippen LogP contribution in [0.25, 0.3) is 0 Å². The van der Waals surface area contributed by atoms with E-state index >= 15 is 0 Å². The number of ether oxygens (including phenoxy) is 1. The summed E-state index contributed by atoms with van der Waals surface area (Å²) in [5, 5.41) is 3.23. The number of nitrogens with zero attached hydrogens (tertiary/aromatic N) is 1. The first-order valence-corrected chi connectivity index (χ1v) is 6.24. The molecule has 0 aliphatic carbocycles. The van der Waals surface area contributed by atoms with Gasteiger partial charge in [0, 0.05) is 0 Å². The Morgan fingerprint density at radius 3 is 2.56 bits per heavy atom. The average molecular weight is 230 g/mol. The molecule has 16 heavy (non-hydrogen) atoms. The summed E-state index contributed by atoms with van der Waals surface area (Å²) in [6, 6.07) is -0.158. The van der Waals surface area contributed by atoms with Gasteiger partial charge in [-0.05, 0) is 46.4 Å². The first-order valence-electron chi connectivity index (χ1n) is 6.24. The lowest BCUT2D eigenvalue weighted by atomic mass is 10.2. The molecule has 0 radical (unpaired) electrons. The average Bonchev–Trinajstić information content (AvgIpc) is 2.29. The summed E-state index contributed by atoms with van der Waals surface area (Å²) < 4.78 is 5.05. The number of rotatable bonds is 9. The van der Waals surface area contributed by atoms with Crippen molar-refractivity contribution in [1.82, 2.24) is 10.2 Å². The number of nitrogens with one attached hydrogen (secondary N) is 1. The second-order valence-electron chi connectivity index (χ2n) is 3.94. The van der Waals surface area contributed by atoms with Crippen molar-refractivity contribution < 1.29 is 9.53 Å². The second kappa shape index (κ2) is 9.60. The molecule has 0 fully saturated rings. The van der Waals surface area contributed by atoms with Crippen LogP contribution in [-0.4, -0.2) is 50.2 Å². The zero-order valence-electron chi connectivity index (χ0n) is 11.1. The van der Waals surface area contributed by atoms with Crippen LogP contribution >= 0.6 is 0 Å². The quantitative estimate of drug-likeness (QED) is 0.606. The number of hydrogen-bond acceptors (Lipinski definition) is 4. The van der Waals surface area contributed by atoms with Crippen molar-refractivity contribution in [3.8, 4) is 0 Å². The van der Waals surface area contributed by atoms with Crippen LogP contribution in [0.2, 0.25) is 0 Å². The van der Waals surface area contributed by atoms with Crippen LogP contribution in [-0.2, 0) is 9.53 Å². The van der Waals surface area contributed by atoms with Gasteiger partial charge in [-0.15, -0.1) is 0 Å². The lowest BCUT2D eigenvalue weighted by Crippen LogP contribution is -2.40. The summed E-state index contributed by atoms with van der Waals surface area (Å²) in [7, 11) is 2.06. The molecule has 0 spiro atoms. The summed E-state index contributed by atoms with van der Waals surface area (Å²) in [6.45, 7) is 9.27. The molecule has 0 aliphatic rings. The number of carbonyl (C=O) groups excluding carboxylic acids is 1. The van der Waals surface area contributed by atoms with Crippen LogP contribution in [0.15, 0.2) is 0 Å². The van der Waals surface area contributed by atoms with Gasteiger partial charge in [-0.2, -0.15) is 0 Å². The number of hydrogen-bond donors (Lipinski definition) is 1. The lowest BCUT2D eigenvalue weighted by Gasteiger charge is -2.20. The molecule has 1 atom stereocenters. The van der Waals surface area contributed by atoms with Crippen molar-refractivity contribution in [1.29, 1.82) is 0 Å². The molecular weight excluding hydrogens is 204 g/mol. The van der Waals surface area contributed by atoms with E-state index in [-0.39, 0.29) is 12.0 Å². The fraction of sp³-hybridized carbons (Fsp3) is 0.917. The van der Waals surface area contributed by atoms with Crippen molar-refractivity contribution in [3.05, 3.63) is 0 Å². The number of esters is 1.